The minimum Gasteiger partial charge on any atom is -0.325 e. The van der Waals surface area contributed by atoms with Crippen molar-refractivity contribution in [3.63, 3.8) is 0 Å². The van der Waals surface area contributed by atoms with E-state index >= 15 is 0 Å². The van der Waals surface area contributed by atoms with Gasteiger partial charge in [0.2, 0.25) is 5.91 Å². The van der Waals surface area contributed by atoms with Crippen molar-refractivity contribution in [3.05, 3.63) is 28.8 Å². The Kier molecular flexibility index (Phi) is 4.78. The van der Waals surface area contributed by atoms with E-state index in [1.54, 1.807) is 18.2 Å². The summed E-state index contributed by atoms with van der Waals surface area (Å²) < 4.78 is 0. The molecule has 4 nitrogen and oxygen atoms in total. The maximum atomic E-state index is 12.0. The molecule has 0 radical (unpaired) electrons. The maximum Gasteiger partial charge on any atom is 0.224 e. The van der Waals surface area contributed by atoms with E-state index in [0.717, 1.165) is 25.9 Å². The highest BCUT2D eigenvalue weighted by molar-refractivity contribution is 6.31. The van der Waals surface area contributed by atoms with Crippen LogP contribution in [0, 0.1) is 17.2 Å². The quantitative estimate of drug-likeness (QED) is 0.892. The SMILES string of the molecule is N#Cc1ccc(Cl)cc1NC(=O)CC1CCNCC1. The highest BCUT2D eigenvalue weighted by Crippen LogP contribution is 2.22. The molecule has 0 aliphatic carbocycles. The molecular weight excluding hydrogens is 262 g/mol. The fourth-order valence-corrected chi connectivity index (χ4v) is 2.44. The molecule has 100 valence electrons. The first-order valence-corrected chi connectivity index (χ1v) is 6.77. The average Bonchev–Trinajstić information content (AvgIpc) is 2.40. The van der Waals surface area contributed by atoms with Crippen molar-refractivity contribution in [2.45, 2.75) is 19.3 Å². The van der Waals surface area contributed by atoms with Crippen molar-refractivity contribution in [2.24, 2.45) is 5.92 Å². The molecule has 1 saturated heterocycles. The number of hydrogen-bond donors (Lipinski definition) is 2. The van der Waals surface area contributed by atoms with Gasteiger partial charge in [0.05, 0.1) is 11.3 Å². The number of benzene rings is 1. The molecule has 0 unspecified atom stereocenters. The van der Waals surface area contributed by atoms with E-state index in [4.69, 9.17) is 16.9 Å². The van der Waals surface area contributed by atoms with Crippen LogP contribution < -0.4 is 10.6 Å². The van der Waals surface area contributed by atoms with Crippen LogP contribution in [-0.4, -0.2) is 19.0 Å². The molecule has 2 N–H and O–H groups in total. The highest BCUT2D eigenvalue weighted by Gasteiger charge is 2.17. The summed E-state index contributed by atoms with van der Waals surface area (Å²) in [6, 6.07) is 6.91. The Balaban J connectivity index is 1.98. The van der Waals surface area contributed by atoms with Crippen molar-refractivity contribution < 1.29 is 4.79 Å². The van der Waals surface area contributed by atoms with Gasteiger partial charge in [-0.1, -0.05) is 11.6 Å². The zero-order valence-electron chi connectivity index (χ0n) is 10.6. The van der Waals surface area contributed by atoms with Crippen LogP contribution in [0.3, 0.4) is 0 Å². The third-order valence-corrected chi connectivity index (χ3v) is 3.54. The zero-order valence-corrected chi connectivity index (χ0v) is 11.3. The van der Waals surface area contributed by atoms with Crippen LogP contribution >= 0.6 is 11.6 Å². The van der Waals surface area contributed by atoms with Gasteiger partial charge in [0, 0.05) is 11.4 Å². The van der Waals surface area contributed by atoms with E-state index in [9.17, 15) is 4.79 Å². The van der Waals surface area contributed by atoms with Crippen molar-refractivity contribution in [2.75, 3.05) is 18.4 Å². The molecule has 1 aromatic carbocycles. The van der Waals surface area contributed by atoms with Gasteiger partial charge in [-0.05, 0) is 50.0 Å². The zero-order chi connectivity index (χ0) is 13.7. The maximum absolute atomic E-state index is 12.0. The van der Waals surface area contributed by atoms with Crippen LogP contribution in [0.25, 0.3) is 0 Å². The number of nitrogens with one attached hydrogen (secondary N) is 2. The Hall–Kier alpha value is -1.57. The van der Waals surface area contributed by atoms with Gasteiger partial charge in [-0.25, -0.2) is 0 Å². The molecule has 19 heavy (non-hydrogen) atoms. The van der Waals surface area contributed by atoms with E-state index in [2.05, 4.69) is 10.6 Å². The number of carbonyl (C=O) groups is 1. The molecule has 2 rings (SSSR count). The van der Waals surface area contributed by atoms with Gasteiger partial charge in [-0.2, -0.15) is 5.26 Å². The fourth-order valence-electron chi connectivity index (χ4n) is 2.27. The van der Waals surface area contributed by atoms with Gasteiger partial charge in [0.15, 0.2) is 0 Å². The first-order valence-electron chi connectivity index (χ1n) is 6.39. The second-order valence-corrected chi connectivity index (χ2v) is 5.18. The number of hydrogen-bond acceptors (Lipinski definition) is 3. The summed E-state index contributed by atoms with van der Waals surface area (Å²) in [5.74, 6) is 0.372. The van der Waals surface area contributed by atoms with Crippen molar-refractivity contribution in [1.82, 2.24) is 5.32 Å². The number of halogens is 1. The van der Waals surface area contributed by atoms with Crippen LogP contribution in [0.5, 0.6) is 0 Å². The minimum atomic E-state index is -0.0503. The molecule has 0 atom stereocenters. The Morgan fingerprint density at radius 2 is 2.21 bits per heavy atom. The second-order valence-electron chi connectivity index (χ2n) is 4.75. The normalized spacial score (nSPS) is 15.8. The minimum absolute atomic E-state index is 0.0503. The van der Waals surface area contributed by atoms with Crippen molar-refractivity contribution >= 4 is 23.2 Å². The van der Waals surface area contributed by atoms with E-state index in [-0.39, 0.29) is 5.91 Å². The standard InChI is InChI=1S/C14H16ClN3O/c15-12-2-1-11(9-16)13(8-12)18-14(19)7-10-3-5-17-6-4-10/h1-2,8,10,17H,3-7H2,(H,18,19). The van der Waals surface area contributed by atoms with E-state index in [1.807, 2.05) is 6.07 Å². The lowest BCUT2D eigenvalue weighted by Gasteiger charge is -2.22. The molecular formula is C14H16ClN3O. The van der Waals surface area contributed by atoms with Gasteiger partial charge in [-0.3, -0.25) is 4.79 Å². The van der Waals surface area contributed by atoms with Crippen LogP contribution in [0.2, 0.25) is 5.02 Å². The molecule has 1 aliphatic rings. The number of piperidine rings is 1. The summed E-state index contributed by atoms with van der Waals surface area (Å²) in [7, 11) is 0. The monoisotopic (exact) mass is 277 g/mol. The topological polar surface area (TPSA) is 64.9 Å². The fraction of sp³-hybridized carbons (Fsp3) is 0.429. The Labute approximate surface area is 117 Å². The van der Waals surface area contributed by atoms with Crippen LogP contribution in [-0.2, 0) is 4.79 Å². The Bertz CT molecular complexity index is 504. The lowest BCUT2D eigenvalue weighted by Crippen LogP contribution is -2.30. The summed E-state index contributed by atoms with van der Waals surface area (Å²) in [6.07, 6.45) is 2.54. The van der Waals surface area contributed by atoms with E-state index < -0.39 is 0 Å². The summed E-state index contributed by atoms with van der Waals surface area (Å²) >= 11 is 5.88. The van der Waals surface area contributed by atoms with Gasteiger partial charge < -0.3 is 10.6 Å². The predicted molar refractivity (Wildman–Crippen MR) is 75.0 cm³/mol. The molecule has 5 heteroatoms. The van der Waals surface area contributed by atoms with Crippen molar-refractivity contribution in [3.8, 4) is 6.07 Å². The number of rotatable bonds is 3. The molecule has 0 spiro atoms. The number of amides is 1. The van der Waals surface area contributed by atoms with E-state index in [0.29, 0.717) is 28.6 Å². The highest BCUT2D eigenvalue weighted by atomic mass is 35.5. The number of carbonyl (C=O) groups excluding carboxylic acids is 1. The average molecular weight is 278 g/mol. The van der Waals surface area contributed by atoms with E-state index in [1.165, 1.54) is 0 Å². The number of anilines is 1. The van der Waals surface area contributed by atoms with Crippen LogP contribution in [0.4, 0.5) is 5.69 Å². The number of nitrogens with zero attached hydrogens (tertiary/aromatic N) is 1. The van der Waals surface area contributed by atoms with Gasteiger partial charge in [0.1, 0.15) is 6.07 Å². The second kappa shape index (κ2) is 6.55. The summed E-state index contributed by atoms with van der Waals surface area (Å²) in [5.41, 5.74) is 0.928. The molecule has 1 amide bonds. The van der Waals surface area contributed by atoms with Gasteiger partial charge in [-0.15, -0.1) is 0 Å². The summed E-state index contributed by atoms with van der Waals surface area (Å²) in [6.45, 7) is 1.94. The molecule has 0 bridgehead atoms. The third kappa shape index (κ3) is 3.95. The van der Waals surface area contributed by atoms with Gasteiger partial charge in [0.25, 0.3) is 0 Å². The lowest BCUT2D eigenvalue weighted by molar-refractivity contribution is -0.117. The molecule has 1 fully saturated rings. The van der Waals surface area contributed by atoms with Crippen LogP contribution in [0.1, 0.15) is 24.8 Å². The Morgan fingerprint density at radius 1 is 1.47 bits per heavy atom. The first-order chi connectivity index (χ1) is 9.19. The molecule has 1 heterocycles. The number of nitriles is 1. The summed E-state index contributed by atoms with van der Waals surface area (Å²) in [4.78, 5) is 12.0. The van der Waals surface area contributed by atoms with Gasteiger partial charge >= 0.3 is 0 Å². The summed E-state index contributed by atoms with van der Waals surface area (Å²) in [5, 5.41) is 15.6. The largest absolute Gasteiger partial charge is 0.325 e. The lowest BCUT2D eigenvalue weighted by atomic mass is 9.94. The predicted octanol–water partition coefficient (Wildman–Crippen LogP) is 2.54. The molecule has 1 aromatic rings. The molecule has 1 aliphatic heterocycles. The van der Waals surface area contributed by atoms with Crippen molar-refractivity contribution in [1.29, 1.82) is 5.26 Å². The smallest absolute Gasteiger partial charge is 0.224 e. The third-order valence-electron chi connectivity index (χ3n) is 3.31. The molecule has 0 aromatic heterocycles. The first kappa shape index (κ1) is 13.9. The molecule has 0 saturated carbocycles. The van der Waals surface area contributed by atoms with Crippen LogP contribution in [0.15, 0.2) is 18.2 Å². The Morgan fingerprint density at radius 3 is 2.89 bits per heavy atom.